The summed E-state index contributed by atoms with van der Waals surface area (Å²) in [5.74, 6) is 0.0973. The molecule has 1 saturated carbocycles. The summed E-state index contributed by atoms with van der Waals surface area (Å²) >= 11 is 1.75. The Morgan fingerprint density at radius 2 is 1.93 bits per heavy atom. The number of piperazine rings is 1. The predicted octanol–water partition coefficient (Wildman–Crippen LogP) is 4.51. The molecule has 0 amide bonds. The van der Waals surface area contributed by atoms with Crippen LogP contribution < -0.4 is 4.90 Å². The number of rotatable bonds is 4. The molecule has 0 bridgehead atoms. The van der Waals surface area contributed by atoms with Gasteiger partial charge < -0.3 is 4.90 Å². The third-order valence-electron chi connectivity index (χ3n) is 5.66. The number of nitriles is 1. The normalized spacial score (nSPS) is 17.8. The lowest BCUT2D eigenvalue weighted by Crippen LogP contribution is -2.46. The minimum Gasteiger partial charge on any atom is -0.368 e. The lowest BCUT2D eigenvalue weighted by Gasteiger charge is -2.36. The van der Waals surface area contributed by atoms with Gasteiger partial charge in [-0.15, -0.1) is 11.3 Å². The van der Waals surface area contributed by atoms with Gasteiger partial charge in [-0.25, -0.2) is 9.37 Å². The SMILES string of the molecule is N#Cc1c(F)cc(C2CC2)cc1N1CCN(Cc2nc3ccccc3s2)CC1. The first-order valence-electron chi connectivity index (χ1n) is 9.76. The second-order valence-corrected chi connectivity index (χ2v) is 8.74. The van der Waals surface area contributed by atoms with Crippen LogP contribution in [0.15, 0.2) is 36.4 Å². The van der Waals surface area contributed by atoms with E-state index in [2.05, 4.69) is 28.0 Å². The van der Waals surface area contributed by atoms with Crippen LogP contribution in [0.25, 0.3) is 10.2 Å². The Hall–Kier alpha value is -2.49. The molecular weight excluding hydrogens is 371 g/mol. The van der Waals surface area contributed by atoms with E-state index in [4.69, 9.17) is 4.98 Å². The molecule has 142 valence electrons. The fourth-order valence-corrected chi connectivity index (χ4v) is 4.96. The molecular formula is C22H21FN4S. The molecule has 0 atom stereocenters. The van der Waals surface area contributed by atoms with Crippen molar-refractivity contribution in [3.8, 4) is 6.07 Å². The van der Waals surface area contributed by atoms with E-state index in [1.165, 1.54) is 4.70 Å². The van der Waals surface area contributed by atoms with E-state index in [9.17, 15) is 9.65 Å². The zero-order chi connectivity index (χ0) is 19.1. The average Bonchev–Trinajstić information content (AvgIpc) is 3.48. The first-order valence-corrected chi connectivity index (χ1v) is 10.6. The van der Waals surface area contributed by atoms with E-state index in [0.717, 1.165) is 67.3 Å². The number of nitrogens with zero attached hydrogens (tertiary/aromatic N) is 4. The molecule has 5 rings (SSSR count). The number of hydrogen-bond acceptors (Lipinski definition) is 5. The van der Waals surface area contributed by atoms with Gasteiger partial charge >= 0.3 is 0 Å². The van der Waals surface area contributed by atoms with Crippen LogP contribution in [0.1, 0.15) is 34.9 Å². The quantitative estimate of drug-likeness (QED) is 0.655. The number of anilines is 1. The Bertz CT molecular complexity index is 1030. The third-order valence-corrected chi connectivity index (χ3v) is 6.68. The zero-order valence-corrected chi connectivity index (χ0v) is 16.4. The van der Waals surface area contributed by atoms with Crippen LogP contribution in [0.4, 0.5) is 10.1 Å². The van der Waals surface area contributed by atoms with Crippen molar-refractivity contribution in [2.75, 3.05) is 31.1 Å². The van der Waals surface area contributed by atoms with Crippen molar-refractivity contribution in [1.82, 2.24) is 9.88 Å². The highest BCUT2D eigenvalue weighted by atomic mass is 32.1. The number of fused-ring (bicyclic) bond motifs is 1. The molecule has 2 fully saturated rings. The molecule has 0 spiro atoms. The number of hydrogen-bond donors (Lipinski definition) is 0. The van der Waals surface area contributed by atoms with Crippen molar-refractivity contribution in [2.45, 2.75) is 25.3 Å². The summed E-state index contributed by atoms with van der Waals surface area (Å²) in [5, 5.41) is 10.6. The Morgan fingerprint density at radius 1 is 1.14 bits per heavy atom. The molecule has 1 aliphatic carbocycles. The molecule has 0 radical (unpaired) electrons. The van der Waals surface area contributed by atoms with Crippen molar-refractivity contribution < 1.29 is 4.39 Å². The van der Waals surface area contributed by atoms with Gasteiger partial charge in [0.25, 0.3) is 0 Å². The van der Waals surface area contributed by atoms with E-state index < -0.39 is 0 Å². The Kier molecular flexibility index (Phi) is 4.50. The van der Waals surface area contributed by atoms with Gasteiger partial charge in [-0.05, 0) is 48.6 Å². The van der Waals surface area contributed by atoms with E-state index in [1.54, 1.807) is 17.4 Å². The fourth-order valence-electron chi connectivity index (χ4n) is 3.95. The van der Waals surface area contributed by atoms with E-state index in [1.807, 2.05) is 18.2 Å². The van der Waals surface area contributed by atoms with Crippen molar-refractivity contribution in [3.05, 3.63) is 58.3 Å². The number of thiazole rings is 1. The summed E-state index contributed by atoms with van der Waals surface area (Å²) < 4.78 is 15.7. The maximum Gasteiger partial charge on any atom is 0.143 e. The maximum absolute atomic E-state index is 14.5. The molecule has 1 aliphatic heterocycles. The summed E-state index contributed by atoms with van der Waals surface area (Å²) in [6, 6.07) is 13.9. The average molecular weight is 393 g/mol. The lowest BCUT2D eigenvalue weighted by atomic mass is 10.0. The minimum absolute atomic E-state index is 0.184. The van der Waals surface area contributed by atoms with Crippen molar-refractivity contribution in [3.63, 3.8) is 0 Å². The monoisotopic (exact) mass is 392 g/mol. The Morgan fingerprint density at radius 3 is 2.64 bits per heavy atom. The summed E-state index contributed by atoms with van der Waals surface area (Å²) in [5.41, 5.74) is 3.06. The Balaban J connectivity index is 1.30. The van der Waals surface area contributed by atoms with Gasteiger partial charge in [0.1, 0.15) is 22.5 Å². The van der Waals surface area contributed by atoms with Gasteiger partial charge in [0.05, 0.1) is 22.4 Å². The van der Waals surface area contributed by atoms with Gasteiger partial charge in [-0.3, -0.25) is 4.90 Å². The molecule has 1 saturated heterocycles. The van der Waals surface area contributed by atoms with Crippen LogP contribution in [-0.4, -0.2) is 36.1 Å². The van der Waals surface area contributed by atoms with Crippen LogP contribution in [0.3, 0.4) is 0 Å². The van der Waals surface area contributed by atoms with Crippen molar-refractivity contribution >= 4 is 27.2 Å². The fraction of sp³-hybridized carbons (Fsp3) is 0.364. The predicted molar refractivity (Wildman–Crippen MR) is 110 cm³/mol. The van der Waals surface area contributed by atoms with E-state index in [-0.39, 0.29) is 11.4 Å². The largest absolute Gasteiger partial charge is 0.368 e. The second-order valence-electron chi connectivity index (χ2n) is 7.62. The molecule has 2 heterocycles. The van der Waals surface area contributed by atoms with Crippen molar-refractivity contribution in [2.24, 2.45) is 0 Å². The molecule has 4 nitrogen and oxygen atoms in total. The summed E-state index contributed by atoms with van der Waals surface area (Å²) in [7, 11) is 0. The minimum atomic E-state index is -0.376. The Labute approximate surface area is 167 Å². The lowest BCUT2D eigenvalue weighted by molar-refractivity contribution is 0.249. The number of halogens is 1. The summed E-state index contributed by atoms with van der Waals surface area (Å²) in [6.07, 6.45) is 2.25. The third kappa shape index (κ3) is 3.36. The number of para-hydroxylation sites is 1. The van der Waals surface area contributed by atoms with Crippen LogP contribution in [0.2, 0.25) is 0 Å². The van der Waals surface area contributed by atoms with Gasteiger partial charge in [0.15, 0.2) is 0 Å². The molecule has 2 aliphatic rings. The molecule has 0 N–H and O–H groups in total. The molecule has 2 aromatic carbocycles. The molecule has 1 aromatic heterocycles. The maximum atomic E-state index is 14.5. The molecule has 3 aromatic rings. The first-order chi connectivity index (χ1) is 13.7. The number of benzene rings is 2. The molecule has 0 unspecified atom stereocenters. The van der Waals surface area contributed by atoms with Crippen LogP contribution in [-0.2, 0) is 6.54 Å². The van der Waals surface area contributed by atoms with Crippen LogP contribution in [0.5, 0.6) is 0 Å². The second kappa shape index (κ2) is 7.16. The highest BCUT2D eigenvalue weighted by molar-refractivity contribution is 7.18. The standard InChI is InChI=1S/C22H21FN4S/c23-18-11-16(15-5-6-15)12-20(17(18)13-24)27-9-7-26(8-10-27)14-22-25-19-3-1-2-4-21(19)28-22/h1-4,11-12,15H,5-10,14H2. The van der Waals surface area contributed by atoms with Gasteiger partial charge in [0.2, 0.25) is 0 Å². The highest BCUT2D eigenvalue weighted by Crippen LogP contribution is 2.42. The van der Waals surface area contributed by atoms with Crippen molar-refractivity contribution in [1.29, 1.82) is 5.26 Å². The summed E-state index contributed by atoms with van der Waals surface area (Å²) in [4.78, 5) is 9.29. The zero-order valence-electron chi connectivity index (χ0n) is 15.6. The van der Waals surface area contributed by atoms with Crippen LogP contribution >= 0.6 is 11.3 Å². The smallest absolute Gasteiger partial charge is 0.143 e. The topological polar surface area (TPSA) is 43.2 Å². The van der Waals surface area contributed by atoms with Gasteiger partial charge in [0, 0.05) is 26.2 Å². The highest BCUT2D eigenvalue weighted by Gasteiger charge is 2.28. The number of aromatic nitrogens is 1. The van der Waals surface area contributed by atoms with Crippen LogP contribution in [0, 0.1) is 17.1 Å². The van der Waals surface area contributed by atoms with Gasteiger partial charge in [-0.1, -0.05) is 12.1 Å². The van der Waals surface area contributed by atoms with Gasteiger partial charge in [-0.2, -0.15) is 5.26 Å². The summed E-state index contributed by atoms with van der Waals surface area (Å²) in [6.45, 7) is 4.21. The van der Waals surface area contributed by atoms with E-state index in [0.29, 0.717) is 5.92 Å². The van der Waals surface area contributed by atoms with E-state index >= 15 is 0 Å². The molecule has 28 heavy (non-hydrogen) atoms. The molecule has 6 heteroatoms. The first kappa shape index (κ1) is 17.6.